The molecule has 240 valence electrons. The minimum Gasteiger partial charge on any atom is -0.397 e. The number of fused-ring (bicyclic) bond motifs is 11. The van der Waals surface area contributed by atoms with Gasteiger partial charge in [-0.05, 0) is 103 Å². The summed E-state index contributed by atoms with van der Waals surface area (Å²) in [5.41, 5.74) is 27.1. The van der Waals surface area contributed by atoms with E-state index in [4.69, 9.17) is 11.5 Å². The highest BCUT2D eigenvalue weighted by atomic mass is 16.1. The number of rotatable bonds is 4. The first-order valence-electron chi connectivity index (χ1n) is 17.1. The van der Waals surface area contributed by atoms with E-state index in [-0.39, 0.29) is 17.5 Å². The molecule has 2 heterocycles. The maximum atomic E-state index is 13.5. The first-order chi connectivity index (χ1) is 23.8. The molecule has 0 amide bonds. The topological polar surface area (TPSA) is 77.3 Å². The molecule has 5 nitrogen and oxygen atoms in total. The Morgan fingerprint density at radius 2 is 1.29 bits per heavy atom. The largest absolute Gasteiger partial charge is 0.397 e. The smallest absolute Gasteiger partial charge is 0.197 e. The summed E-state index contributed by atoms with van der Waals surface area (Å²) in [5, 5.41) is 1.36. The third-order valence-corrected chi connectivity index (χ3v) is 10.8. The summed E-state index contributed by atoms with van der Waals surface area (Å²) in [5.74, 6) is 0. The Labute approximate surface area is 286 Å². The van der Waals surface area contributed by atoms with Gasteiger partial charge >= 0.3 is 0 Å². The van der Waals surface area contributed by atoms with Crippen LogP contribution in [0.25, 0.3) is 32.9 Å². The number of hydrogen-bond donors (Lipinski definition) is 2. The van der Waals surface area contributed by atoms with Crippen molar-refractivity contribution >= 4 is 44.6 Å². The minimum atomic E-state index is -0.512. The van der Waals surface area contributed by atoms with Crippen molar-refractivity contribution in [3.8, 4) is 11.1 Å². The number of pyridine rings is 1. The Morgan fingerprint density at radius 3 is 2.12 bits per heavy atom. The number of hydrogen-bond acceptors (Lipinski definition) is 4. The minimum absolute atomic E-state index is 0.0190. The second-order valence-corrected chi connectivity index (χ2v) is 13.9. The van der Waals surface area contributed by atoms with Crippen LogP contribution >= 0.6 is 0 Å². The van der Waals surface area contributed by atoms with Crippen molar-refractivity contribution in [3.05, 3.63) is 165 Å². The average molecular weight is 639 g/mol. The Hall–Kier alpha value is -5.81. The van der Waals surface area contributed by atoms with Crippen LogP contribution in [0.2, 0.25) is 0 Å². The number of para-hydroxylation sites is 4. The van der Waals surface area contributed by atoms with Crippen LogP contribution in [0.15, 0.2) is 132 Å². The fourth-order valence-corrected chi connectivity index (χ4v) is 9.02. The molecule has 7 aromatic rings. The molecule has 1 aliphatic heterocycles. The highest BCUT2D eigenvalue weighted by molar-refractivity contribution is 5.99. The van der Waals surface area contributed by atoms with Gasteiger partial charge in [0.1, 0.15) is 0 Å². The second-order valence-electron chi connectivity index (χ2n) is 13.9. The molecule has 2 aliphatic rings. The summed E-state index contributed by atoms with van der Waals surface area (Å²) in [4.78, 5) is 15.9. The summed E-state index contributed by atoms with van der Waals surface area (Å²) in [7, 11) is 0. The maximum absolute atomic E-state index is 13.5. The molecule has 0 saturated heterocycles. The van der Waals surface area contributed by atoms with E-state index in [1.165, 1.54) is 44.6 Å². The van der Waals surface area contributed by atoms with Gasteiger partial charge in [0.25, 0.3) is 0 Å². The van der Waals surface area contributed by atoms with Gasteiger partial charge in [-0.1, -0.05) is 91.0 Å². The van der Waals surface area contributed by atoms with Crippen molar-refractivity contribution in [2.45, 2.75) is 44.7 Å². The predicted octanol–water partition coefficient (Wildman–Crippen LogP) is 9.35. The molecular weight excluding hydrogens is 601 g/mol. The van der Waals surface area contributed by atoms with Crippen LogP contribution in [-0.2, 0) is 11.8 Å². The van der Waals surface area contributed by atoms with Gasteiger partial charge in [0.2, 0.25) is 0 Å². The van der Waals surface area contributed by atoms with Crippen molar-refractivity contribution < 1.29 is 0 Å². The fraction of sp³-hybridized carbons (Fsp3) is 0.159. The van der Waals surface area contributed by atoms with Gasteiger partial charge in [-0.3, -0.25) is 4.79 Å². The lowest BCUT2D eigenvalue weighted by Crippen LogP contribution is -2.40. The molecule has 0 bridgehead atoms. The third kappa shape index (κ3) is 3.90. The zero-order chi connectivity index (χ0) is 33.6. The van der Waals surface area contributed by atoms with Gasteiger partial charge in [0.05, 0.1) is 33.5 Å². The molecule has 5 heteroatoms. The highest BCUT2D eigenvalue weighted by Gasteiger charge is 2.52. The van der Waals surface area contributed by atoms with Crippen molar-refractivity contribution in [3.63, 3.8) is 0 Å². The summed E-state index contributed by atoms with van der Waals surface area (Å²) in [6, 6.07) is 44.9. The number of aromatic nitrogens is 1. The Morgan fingerprint density at radius 1 is 0.633 bits per heavy atom. The molecule has 0 radical (unpaired) electrons. The van der Waals surface area contributed by atoms with Gasteiger partial charge in [0.15, 0.2) is 5.43 Å². The maximum Gasteiger partial charge on any atom is 0.197 e. The highest BCUT2D eigenvalue weighted by Crippen LogP contribution is 2.63. The molecule has 9 rings (SSSR count). The van der Waals surface area contributed by atoms with Gasteiger partial charge in [-0.15, -0.1) is 0 Å². The summed E-state index contributed by atoms with van der Waals surface area (Å²) in [6.07, 6.45) is 0.764. The molecule has 6 aromatic carbocycles. The van der Waals surface area contributed by atoms with Crippen LogP contribution in [0, 0.1) is 0 Å². The molecule has 1 aliphatic carbocycles. The fourth-order valence-electron chi connectivity index (χ4n) is 9.02. The van der Waals surface area contributed by atoms with E-state index in [1.54, 1.807) is 0 Å². The van der Waals surface area contributed by atoms with Gasteiger partial charge in [-0.2, -0.15) is 0 Å². The van der Waals surface area contributed by atoms with E-state index in [9.17, 15) is 4.79 Å². The number of nitrogens with zero attached hydrogens (tertiary/aromatic N) is 2. The molecule has 0 saturated carbocycles. The summed E-state index contributed by atoms with van der Waals surface area (Å²) in [6.45, 7) is 6.69. The zero-order valence-corrected chi connectivity index (χ0v) is 27.9. The first-order valence-corrected chi connectivity index (χ1v) is 17.1. The van der Waals surface area contributed by atoms with Gasteiger partial charge in [0, 0.05) is 28.5 Å². The molecule has 2 atom stereocenters. The lowest BCUT2D eigenvalue weighted by atomic mass is 9.64. The van der Waals surface area contributed by atoms with Crippen LogP contribution in [0.4, 0.5) is 22.7 Å². The number of nitrogens with two attached hydrogens (primary N) is 2. The van der Waals surface area contributed by atoms with Crippen LogP contribution in [0.3, 0.4) is 0 Å². The first kappa shape index (κ1) is 29.3. The predicted molar refractivity (Wildman–Crippen MR) is 204 cm³/mol. The monoisotopic (exact) mass is 638 g/mol. The van der Waals surface area contributed by atoms with Gasteiger partial charge < -0.3 is 20.9 Å². The number of benzene rings is 6. The summed E-state index contributed by atoms with van der Waals surface area (Å²) < 4.78 is 2.26. The van der Waals surface area contributed by atoms with E-state index in [0.717, 1.165) is 28.8 Å². The number of nitrogen functional groups attached to an aromatic ring is 2. The van der Waals surface area contributed by atoms with Crippen LogP contribution in [0.5, 0.6) is 0 Å². The van der Waals surface area contributed by atoms with Crippen molar-refractivity contribution in [1.82, 2.24) is 4.57 Å². The molecular formula is C44H38N4O. The van der Waals surface area contributed by atoms with E-state index in [0.29, 0.717) is 16.5 Å². The molecule has 49 heavy (non-hydrogen) atoms. The zero-order valence-electron chi connectivity index (χ0n) is 27.9. The Balaban J connectivity index is 1.26. The quantitative estimate of drug-likeness (QED) is 0.149. The van der Waals surface area contributed by atoms with E-state index in [1.807, 2.05) is 48.5 Å². The van der Waals surface area contributed by atoms with Crippen LogP contribution in [-0.4, -0.2) is 10.6 Å². The molecule has 0 fully saturated rings. The van der Waals surface area contributed by atoms with Gasteiger partial charge in [-0.25, -0.2) is 0 Å². The summed E-state index contributed by atoms with van der Waals surface area (Å²) >= 11 is 0. The second kappa shape index (κ2) is 10.6. The SMILES string of the molecule is CC(C)N1c2ccccc2C2(c3ccccc3-c3cc(CC(C)n4c5ccccc5c(=O)c5cccc(N)c54)ccc32)c2cccc(N)c21. The van der Waals surface area contributed by atoms with E-state index in [2.05, 4.69) is 109 Å². The number of anilines is 4. The van der Waals surface area contributed by atoms with E-state index >= 15 is 0 Å². The van der Waals surface area contributed by atoms with Crippen molar-refractivity contribution in [1.29, 1.82) is 0 Å². The third-order valence-electron chi connectivity index (χ3n) is 10.8. The molecule has 1 aromatic heterocycles. The molecule has 2 unspecified atom stereocenters. The van der Waals surface area contributed by atoms with E-state index < -0.39 is 5.41 Å². The van der Waals surface area contributed by atoms with Crippen LogP contribution in [0.1, 0.15) is 54.6 Å². The standard InChI is InChI=1S/C44H38N4O/c1-26(2)47-40-21-9-7-16-35(40)44(36-17-11-19-38(46)42(36)47)33-15-6-4-12-29(33)32-25-28(22-23-34(32)44)24-27(3)48-39-20-8-5-13-30(39)43(49)31-14-10-18-37(45)41(31)48/h4-23,25-27H,24,45-46H2,1-3H3. The van der Waals surface area contributed by atoms with Crippen molar-refractivity contribution in [2.75, 3.05) is 16.4 Å². The van der Waals surface area contributed by atoms with Crippen LogP contribution < -0.4 is 21.8 Å². The average Bonchev–Trinajstić information content (AvgIpc) is 3.39. The molecule has 4 N–H and O–H groups in total. The lowest BCUT2D eigenvalue weighted by molar-refractivity contribution is 0.576. The Bertz CT molecular complexity index is 2550. The lowest BCUT2D eigenvalue weighted by Gasteiger charge is -2.47. The molecule has 1 spiro atoms. The van der Waals surface area contributed by atoms with Crippen molar-refractivity contribution in [2.24, 2.45) is 0 Å². The Kier molecular flexibility index (Phi) is 6.34. The normalized spacial score (nSPS) is 16.5.